The summed E-state index contributed by atoms with van der Waals surface area (Å²) in [5.74, 6) is 0.276. The lowest BCUT2D eigenvalue weighted by molar-refractivity contribution is -0.141. The molecule has 1 N–H and O–H groups in total. The van der Waals surface area contributed by atoms with Gasteiger partial charge in [0.2, 0.25) is 11.8 Å². The summed E-state index contributed by atoms with van der Waals surface area (Å²) in [6.07, 6.45) is 1.03. The molecule has 0 unspecified atom stereocenters. The molecule has 0 spiro atoms. The van der Waals surface area contributed by atoms with Gasteiger partial charge in [-0.25, -0.2) is 19.3 Å². The first-order chi connectivity index (χ1) is 15.8. The molecule has 0 atom stereocenters. The Labute approximate surface area is 185 Å². The third-order valence-electron chi connectivity index (χ3n) is 4.98. The maximum Gasteiger partial charge on any atom is 0.437 e. The van der Waals surface area contributed by atoms with Crippen molar-refractivity contribution in [1.29, 1.82) is 0 Å². The lowest BCUT2D eigenvalue weighted by Crippen LogP contribution is -2.24. The van der Waals surface area contributed by atoms with E-state index in [-0.39, 0.29) is 35.9 Å². The standard InChI is InChI=1S/C21H20F3N5O4/c1-2-5-13-15(7-6-14-17(13)33-27-18(14)21(22,23)24)32-11-4-10-28-16(30)12-29(20(28)31)19-25-8-3-9-26-19/h3,6-9,12,30H,2,4-5,10-11H2,1H3. The number of halogens is 3. The second-order valence-corrected chi connectivity index (χ2v) is 7.24. The SMILES string of the molecule is CCCc1c(OCCCn2c(O)cn(-c3ncccn3)c2=O)ccc2c(C(F)(F)F)noc12. The minimum absolute atomic E-state index is 0.0514. The summed E-state index contributed by atoms with van der Waals surface area (Å²) in [6.45, 7) is 2.19. The van der Waals surface area contributed by atoms with E-state index in [1.807, 2.05) is 6.92 Å². The largest absolute Gasteiger partial charge is 0.493 e. The molecule has 4 aromatic rings. The van der Waals surface area contributed by atoms with Gasteiger partial charge in [-0.05, 0) is 31.0 Å². The van der Waals surface area contributed by atoms with E-state index < -0.39 is 17.6 Å². The molecule has 3 heterocycles. The third kappa shape index (κ3) is 4.41. The van der Waals surface area contributed by atoms with Crippen molar-refractivity contribution in [1.82, 2.24) is 24.3 Å². The number of aryl methyl sites for hydroxylation is 1. The fourth-order valence-corrected chi connectivity index (χ4v) is 3.51. The van der Waals surface area contributed by atoms with E-state index in [2.05, 4.69) is 15.1 Å². The van der Waals surface area contributed by atoms with Crippen LogP contribution < -0.4 is 10.4 Å². The molecule has 0 bridgehead atoms. The second kappa shape index (κ2) is 8.96. The molecule has 1 aromatic carbocycles. The molecule has 0 amide bonds. The van der Waals surface area contributed by atoms with E-state index in [0.29, 0.717) is 30.6 Å². The van der Waals surface area contributed by atoms with Crippen molar-refractivity contribution in [2.24, 2.45) is 0 Å². The predicted molar refractivity (Wildman–Crippen MR) is 110 cm³/mol. The van der Waals surface area contributed by atoms with Gasteiger partial charge in [0.1, 0.15) is 5.75 Å². The Hall–Kier alpha value is -3.83. The van der Waals surface area contributed by atoms with Crippen molar-refractivity contribution in [3.63, 3.8) is 0 Å². The molecule has 174 valence electrons. The van der Waals surface area contributed by atoms with Gasteiger partial charge in [-0.1, -0.05) is 18.5 Å². The summed E-state index contributed by atoms with van der Waals surface area (Å²) < 4.78 is 52.5. The number of hydrogen-bond donors (Lipinski definition) is 1. The van der Waals surface area contributed by atoms with Crippen LogP contribution in [0.4, 0.5) is 13.2 Å². The number of rotatable bonds is 8. The maximum absolute atomic E-state index is 13.1. The van der Waals surface area contributed by atoms with Gasteiger partial charge < -0.3 is 14.4 Å². The highest BCUT2D eigenvalue weighted by Crippen LogP contribution is 2.38. The van der Waals surface area contributed by atoms with Crippen molar-refractivity contribution in [2.75, 3.05) is 6.61 Å². The summed E-state index contributed by atoms with van der Waals surface area (Å²) in [7, 11) is 0. The minimum atomic E-state index is -4.62. The number of hydrogen-bond acceptors (Lipinski definition) is 7. The number of alkyl halides is 3. The molecule has 3 aromatic heterocycles. The molecule has 0 radical (unpaired) electrons. The lowest BCUT2D eigenvalue weighted by atomic mass is 10.0. The summed E-state index contributed by atoms with van der Waals surface area (Å²) in [5.41, 5.74) is -1.02. The first kappa shape index (κ1) is 22.4. The highest BCUT2D eigenvalue weighted by atomic mass is 19.4. The fourth-order valence-electron chi connectivity index (χ4n) is 3.51. The molecular formula is C21H20F3N5O4. The molecule has 0 saturated heterocycles. The minimum Gasteiger partial charge on any atom is -0.493 e. The Bertz CT molecular complexity index is 1310. The third-order valence-corrected chi connectivity index (χ3v) is 4.98. The van der Waals surface area contributed by atoms with E-state index in [9.17, 15) is 23.1 Å². The molecule has 33 heavy (non-hydrogen) atoms. The van der Waals surface area contributed by atoms with Gasteiger partial charge in [0.15, 0.2) is 11.3 Å². The van der Waals surface area contributed by atoms with Crippen LogP contribution in [0.25, 0.3) is 16.9 Å². The van der Waals surface area contributed by atoms with Gasteiger partial charge in [-0.3, -0.25) is 4.57 Å². The van der Waals surface area contributed by atoms with Crippen LogP contribution in [0.15, 0.2) is 46.1 Å². The Morgan fingerprint density at radius 1 is 1.21 bits per heavy atom. The highest BCUT2D eigenvalue weighted by Gasteiger charge is 2.37. The van der Waals surface area contributed by atoms with Crippen molar-refractivity contribution >= 4 is 11.0 Å². The number of ether oxygens (including phenoxy) is 1. The summed E-state index contributed by atoms with van der Waals surface area (Å²) in [4.78, 5) is 20.5. The Balaban J connectivity index is 1.48. The monoisotopic (exact) mass is 463 g/mol. The van der Waals surface area contributed by atoms with E-state index in [0.717, 1.165) is 9.13 Å². The predicted octanol–water partition coefficient (Wildman–Crippen LogP) is 3.72. The number of benzene rings is 1. The fraction of sp³-hybridized carbons (Fsp3) is 0.333. The zero-order valence-electron chi connectivity index (χ0n) is 17.5. The summed E-state index contributed by atoms with van der Waals surface area (Å²) >= 11 is 0. The molecule has 0 fully saturated rings. The number of fused-ring (bicyclic) bond motifs is 1. The Kier molecular flexibility index (Phi) is 6.07. The lowest BCUT2D eigenvalue weighted by Gasteiger charge is -2.12. The van der Waals surface area contributed by atoms with Gasteiger partial charge in [0, 0.05) is 24.5 Å². The van der Waals surface area contributed by atoms with E-state index >= 15 is 0 Å². The van der Waals surface area contributed by atoms with Gasteiger partial charge >= 0.3 is 11.9 Å². The average molecular weight is 463 g/mol. The molecule has 0 saturated carbocycles. The Morgan fingerprint density at radius 2 is 1.97 bits per heavy atom. The second-order valence-electron chi connectivity index (χ2n) is 7.24. The first-order valence-corrected chi connectivity index (χ1v) is 10.2. The maximum atomic E-state index is 13.1. The van der Waals surface area contributed by atoms with Crippen molar-refractivity contribution in [3.05, 3.63) is 58.5 Å². The van der Waals surface area contributed by atoms with Crippen LogP contribution in [0.2, 0.25) is 0 Å². The summed E-state index contributed by atoms with van der Waals surface area (Å²) in [5, 5.41) is 13.2. The van der Waals surface area contributed by atoms with Gasteiger partial charge in [-0.2, -0.15) is 13.2 Å². The number of aromatic hydroxyl groups is 1. The van der Waals surface area contributed by atoms with Gasteiger partial charge in [0.25, 0.3) is 0 Å². The quantitative estimate of drug-likeness (QED) is 0.397. The van der Waals surface area contributed by atoms with E-state index in [4.69, 9.17) is 9.26 Å². The smallest absolute Gasteiger partial charge is 0.437 e. The molecule has 0 aliphatic heterocycles. The van der Waals surface area contributed by atoms with Crippen molar-refractivity contribution in [3.8, 4) is 17.6 Å². The highest BCUT2D eigenvalue weighted by molar-refractivity contribution is 5.85. The van der Waals surface area contributed by atoms with Crippen LogP contribution in [-0.2, 0) is 19.1 Å². The summed E-state index contributed by atoms with van der Waals surface area (Å²) in [6, 6.07) is 4.35. The van der Waals surface area contributed by atoms with Crippen LogP contribution in [0.1, 0.15) is 31.0 Å². The Morgan fingerprint density at radius 3 is 2.67 bits per heavy atom. The molecule has 4 rings (SSSR count). The molecule has 0 aliphatic rings. The zero-order chi connectivity index (χ0) is 23.6. The van der Waals surface area contributed by atoms with Crippen LogP contribution in [0.3, 0.4) is 0 Å². The van der Waals surface area contributed by atoms with Crippen LogP contribution in [-0.4, -0.2) is 36.0 Å². The number of nitrogens with zero attached hydrogens (tertiary/aromatic N) is 5. The van der Waals surface area contributed by atoms with E-state index in [1.165, 1.54) is 30.7 Å². The van der Waals surface area contributed by atoms with Gasteiger partial charge in [0.05, 0.1) is 18.2 Å². The van der Waals surface area contributed by atoms with Crippen LogP contribution in [0, 0.1) is 0 Å². The topological polar surface area (TPSA) is 108 Å². The average Bonchev–Trinajstić information content (AvgIpc) is 3.35. The van der Waals surface area contributed by atoms with Crippen molar-refractivity contribution < 1.29 is 27.5 Å². The van der Waals surface area contributed by atoms with Crippen molar-refractivity contribution in [2.45, 2.75) is 38.9 Å². The first-order valence-electron chi connectivity index (χ1n) is 10.2. The van der Waals surface area contributed by atoms with Crippen LogP contribution >= 0.6 is 0 Å². The van der Waals surface area contributed by atoms with E-state index in [1.54, 1.807) is 6.07 Å². The zero-order valence-corrected chi connectivity index (χ0v) is 17.5. The van der Waals surface area contributed by atoms with Gasteiger partial charge in [-0.15, -0.1) is 0 Å². The molecule has 9 nitrogen and oxygen atoms in total. The number of aromatic nitrogens is 5. The molecular weight excluding hydrogens is 443 g/mol. The molecule has 0 aliphatic carbocycles. The molecule has 12 heteroatoms. The van der Waals surface area contributed by atoms with Crippen LogP contribution in [0.5, 0.6) is 11.6 Å². The number of imidazole rings is 1. The normalized spacial score (nSPS) is 11.9.